The zero-order chi connectivity index (χ0) is 14.5. The van der Waals surface area contributed by atoms with Gasteiger partial charge in [0.15, 0.2) is 0 Å². The standard InChI is InChI=1S/C17H24N2O/c1-4-6-12-19-15(7-5-2)16(17(20)18-19)14-10-8-13(3)9-11-14/h8-11H,4-7,12H2,1-3H3,(H,18,20). The summed E-state index contributed by atoms with van der Waals surface area (Å²) in [6.07, 6.45) is 4.22. The fourth-order valence-corrected chi connectivity index (χ4v) is 2.48. The van der Waals surface area contributed by atoms with E-state index in [0.717, 1.165) is 49.0 Å². The van der Waals surface area contributed by atoms with Crippen molar-refractivity contribution in [3.8, 4) is 17.0 Å². The largest absolute Gasteiger partial charge is 0.492 e. The third-order valence-corrected chi connectivity index (χ3v) is 3.59. The highest BCUT2D eigenvalue weighted by molar-refractivity contribution is 5.71. The number of aryl methyl sites for hydroxylation is 2. The lowest BCUT2D eigenvalue weighted by Gasteiger charge is -2.08. The third kappa shape index (κ3) is 3.03. The molecule has 3 heteroatoms. The van der Waals surface area contributed by atoms with Crippen LogP contribution < -0.4 is 0 Å². The van der Waals surface area contributed by atoms with Gasteiger partial charge < -0.3 is 5.11 Å². The van der Waals surface area contributed by atoms with Crippen LogP contribution in [0.15, 0.2) is 24.3 Å². The molecule has 0 fully saturated rings. The number of nitrogens with zero attached hydrogens (tertiary/aromatic N) is 2. The Balaban J connectivity index is 2.44. The third-order valence-electron chi connectivity index (χ3n) is 3.59. The van der Waals surface area contributed by atoms with Crippen LogP contribution in [-0.4, -0.2) is 14.9 Å². The molecule has 3 nitrogen and oxygen atoms in total. The second-order valence-electron chi connectivity index (χ2n) is 5.34. The summed E-state index contributed by atoms with van der Waals surface area (Å²) in [5, 5.41) is 14.6. The highest BCUT2D eigenvalue weighted by Gasteiger charge is 2.17. The molecule has 1 N–H and O–H groups in total. The first-order valence-electron chi connectivity index (χ1n) is 7.53. The highest BCUT2D eigenvalue weighted by Crippen LogP contribution is 2.33. The van der Waals surface area contributed by atoms with Crippen molar-refractivity contribution >= 4 is 0 Å². The maximum atomic E-state index is 10.2. The Bertz CT molecular complexity index is 555. The average Bonchev–Trinajstić information content (AvgIpc) is 2.74. The minimum absolute atomic E-state index is 0.161. The Hall–Kier alpha value is -1.77. The van der Waals surface area contributed by atoms with Crippen LogP contribution in [-0.2, 0) is 13.0 Å². The van der Waals surface area contributed by atoms with Gasteiger partial charge >= 0.3 is 0 Å². The summed E-state index contributed by atoms with van der Waals surface area (Å²) in [7, 11) is 0. The van der Waals surface area contributed by atoms with Crippen LogP contribution in [0.1, 0.15) is 44.4 Å². The minimum atomic E-state index is 0.161. The first kappa shape index (κ1) is 14.6. The molecule has 1 aromatic heterocycles. The van der Waals surface area contributed by atoms with E-state index in [4.69, 9.17) is 0 Å². The fraction of sp³-hybridized carbons (Fsp3) is 0.471. The molecule has 0 atom stereocenters. The summed E-state index contributed by atoms with van der Waals surface area (Å²) in [5.41, 5.74) is 4.34. The highest BCUT2D eigenvalue weighted by atomic mass is 16.3. The van der Waals surface area contributed by atoms with Gasteiger partial charge in [0.2, 0.25) is 5.88 Å². The van der Waals surface area contributed by atoms with Gasteiger partial charge in [0.25, 0.3) is 0 Å². The topological polar surface area (TPSA) is 38.0 Å². The zero-order valence-corrected chi connectivity index (χ0v) is 12.7. The maximum absolute atomic E-state index is 10.2. The molecule has 1 aromatic carbocycles. The summed E-state index contributed by atoms with van der Waals surface area (Å²) in [6.45, 7) is 7.28. The van der Waals surface area contributed by atoms with Crippen molar-refractivity contribution in [1.29, 1.82) is 0 Å². The van der Waals surface area contributed by atoms with Gasteiger partial charge in [-0.3, -0.25) is 4.68 Å². The molecule has 0 saturated heterocycles. The summed E-state index contributed by atoms with van der Waals surface area (Å²) < 4.78 is 1.98. The van der Waals surface area contributed by atoms with E-state index in [1.165, 1.54) is 5.56 Å². The van der Waals surface area contributed by atoms with Crippen molar-refractivity contribution in [2.24, 2.45) is 0 Å². The summed E-state index contributed by atoms with van der Waals surface area (Å²) in [4.78, 5) is 0. The number of benzene rings is 1. The molecule has 0 saturated carbocycles. The monoisotopic (exact) mass is 272 g/mol. The smallest absolute Gasteiger partial charge is 0.238 e. The molecule has 0 spiro atoms. The Labute approximate surface area is 121 Å². The Morgan fingerprint density at radius 2 is 1.80 bits per heavy atom. The molecular formula is C17H24N2O. The van der Waals surface area contributed by atoms with Crippen LogP contribution >= 0.6 is 0 Å². The molecule has 20 heavy (non-hydrogen) atoms. The molecule has 0 amide bonds. The number of hydrogen-bond acceptors (Lipinski definition) is 2. The van der Waals surface area contributed by atoms with Gasteiger partial charge in [0, 0.05) is 6.54 Å². The maximum Gasteiger partial charge on any atom is 0.238 e. The van der Waals surface area contributed by atoms with E-state index in [2.05, 4.69) is 50.1 Å². The Morgan fingerprint density at radius 3 is 2.40 bits per heavy atom. The normalized spacial score (nSPS) is 10.9. The number of unbranched alkanes of at least 4 members (excludes halogenated alkanes) is 1. The first-order chi connectivity index (χ1) is 9.67. The van der Waals surface area contributed by atoms with Crippen molar-refractivity contribution in [2.45, 2.75) is 53.0 Å². The lowest BCUT2D eigenvalue weighted by Crippen LogP contribution is -2.05. The number of hydrogen-bond donors (Lipinski definition) is 1. The zero-order valence-electron chi connectivity index (χ0n) is 12.7. The van der Waals surface area contributed by atoms with Crippen LogP contribution in [0.5, 0.6) is 5.88 Å². The molecular weight excluding hydrogens is 248 g/mol. The van der Waals surface area contributed by atoms with Crippen molar-refractivity contribution < 1.29 is 5.11 Å². The molecule has 0 unspecified atom stereocenters. The molecule has 0 radical (unpaired) electrons. The van der Waals surface area contributed by atoms with Crippen LogP contribution in [0.25, 0.3) is 11.1 Å². The van der Waals surface area contributed by atoms with E-state index >= 15 is 0 Å². The SMILES string of the molecule is CCCCn1nc(O)c(-c2ccc(C)cc2)c1CCC. The van der Waals surface area contributed by atoms with E-state index in [1.807, 2.05) is 4.68 Å². The van der Waals surface area contributed by atoms with E-state index in [-0.39, 0.29) is 5.88 Å². The van der Waals surface area contributed by atoms with Gasteiger partial charge in [-0.15, -0.1) is 5.10 Å². The molecule has 0 aliphatic heterocycles. The van der Waals surface area contributed by atoms with Crippen LogP contribution in [0.3, 0.4) is 0 Å². The number of rotatable bonds is 6. The van der Waals surface area contributed by atoms with Gasteiger partial charge in [-0.2, -0.15) is 0 Å². The van der Waals surface area contributed by atoms with Crippen molar-refractivity contribution in [1.82, 2.24) is 9.78 Å². The lowest BCUT2D eigenvalue weighted by atomic mass is 10.0. The van der Waals surface area contributed by atoms with Crippen molar-refractivity contribution in [3.63, 3.8) is 0 Å². The van der Waals surface area contributed by atoms with Gasteiger partial charge in [-0.25, -0.2) is 0 Å². The van der Waals surface area contributed by atoms with Gasteiger partial charge in [0.1, 0.15) is 0 Å². The van der Waals surface area contributed by atoms with E-state index in [9.17, 15) is 5.11 Å². The fourth-order valence-electron chi connectivity index (χ4n) is 2.48. The summed E-state index contributed by atoms with van der Waals surface area (Å²) in [6, 6.07) is 8.28. The van der Waals surface area contributed by atoms with Crippen LogP contribution in [0.2, 0.25) is 0 Å². The molecule has 0 aliphatic rings. The Morgan fingerprint density at radius 1 is 1.10 bits per heavy atom. The quantitative estimate of drug-likeness (QED) is 0.850. The first-order valence-corrected chi connectivity index (χ1v) is 7.53. The second kappa shape index (κ2) is 6.60. The van der Waals surface area contributed by atoms with Crippen molar-refractivity contribution in [3.05, 3.63) is 35.5 Å². The molecule has 0 aliphatic carbocycles. The second-order valence-corrected chi connectivity index (χ2v) is 5.34. The molecule has 2 aromatic rings. The number of aromatic hydroxyl groups is 1. The van der Waals surface area contributed by atoms with E-state index in [0.29, 0.717) is 0 Å². The molecule has 0 bridgehead atoms. The Kier molecular flexibility index (Phi) is 4.83. The average molecular weight is 272 g/mol. The summed E-state index contributed by atoms with van der Waals surface area (Å²) in [5.74, 6) is 0.161. The number of aromatic nitrogens is 2. The van der Waals surface area contributed by atoms with Gasteiger partial charge in [0.05, 0.1) is 11.3 Å². The van der Waals surface area contributed by atoms with Crippen LogP contribution in [0, 0.1) is 6.92 Å². The predicted molar refractivity (Wildman–Crippen MR) is 83.0 cm³/mol. The predicted octanol–water partition coefficient (Wildman–Crippen LogP) is 4.32. The minimum Gasteiger partial charge on any atom is -0.492 e. The summed E-state index contributed by atoms with van der Waals surface area (Å²) >= 11 is 0. The lowest BCUT2D eigenvalue weighted by molar-refractivity contribution is 0.433. The van der Waals surface area contributed by atoms with E-state index < -0.39 is 0 Å². The van der Waals surface area contributed by atoms with Crippen LogP contribution in [0.4, 0.5) is 0 Å². The molecule has 108 valence electrons. The van der Waals surface area contributed by atoms with E-state index in [1.54, 1.807) is 0 Å². The molecule has 2 rings (SSSR count). The van der Waals surface area contributed by atoms with Gasteiger partial charge in [-0.1, -0.05) is 56.5 Å². The van der Waals surface area contributed by atoms with Gasteiger partial charge in [-0.05, 0) is 25.3 Å². The van der Waals surface area contributed by atoms with Crippen molar-refractivity contribution in [2.75, 3.05) is 0 Å². The molecule has 1 heterocycles.